The second kappa shape index (κ2) is 4.52. The molecule has 0 bridgehead atoms. The van der Waals surface area contributed by atoms with E-state index in [0.717, 1.165) is 0 Å². The zero-order valence-corrected chi connectivity index (χ0v) is 8.74. The van der Waals surface area contributed by atoms with E-state index in [2.05, 4.69) is 10.1 Å². The first-order valence-corrected chi connectivity index (χ1v) is 6.24. The van der Waals surface area contributed by atoms with Crippen LogP contribution >= 0.6 is 0 Å². The molecule has 0 unspecified atom stereocenters. The molecule has 6 nitrogen and oxygen atoms in total. The van der Waals surface area contributed by atoms with Crippen molar-refractivity contribution in [3.63, 3.8) is 0 Å². The van der Waals surface area contributed by atoms with Crippen molar-refractivity contribution in [1.29, 1.82) is 0 Å². The summed E-state index contributed by atoms with van der Waals surface area (Å²) in [7, 11) is -2.92. The molecule has 1 heterocycles. The van der Waals surface area contributed by atoms with Crippen molar-refractivity contribution in [3.8, 4) is 0 Å². The number of aromatic nitrogens is 3. The van der Waals surface area contributed by atoms with Crippen LogP contribution in [-0.2, 0) is 23.0 Å². The molecule has 0 aromatic carbocycles. The topological polar surface area (TPSA) is 85.1 Å². The molecule has 0 saturated heterocycles. The molecule has 0 aliphatic rings. The van der Waals surface area contributed by atoms with Crippen LogP contribution in [0.3, 0.4) is 0 Å². The van der Waals surface area contributed by atoms with Crippen LogP contribution in [0, 0.1) is 0 Å². The minimum atomic E-state index is -2.92. The van der Waals surface area contributed by atoms with Gasteiger partial charge in [0, 0.05) is 12.8 Å². The van der Waals surface area contributed by atoms with E-state index >= 15 is 0 Å². The van der Waals surface area contributed by atoms with Gasteiger partial charge >= 0.3 is 0 Å². The van der Waals surface area contributed by atoms with Gasteiger partial charge in [0.25, 0.3) is 0 Å². The predicted molar refractivity (Wildman–Crippen MR) is 50.3 cm³/mol. The third-order valence-electron chi connectivity index (χ3n) is 1.72. The molecule has 0 saturated carbocycles. The second-order valence-electron chi connectivity index (χ2n) is 3.04. The van der Waals surface area contributed by atoms with Crippen molar-refractivity contribution in [2.24, 2.45) is 0 Å². The normalized spacial score (nSPS) is 11.9. The Morgan fingerprint density at radius 3 is 2.86 bits per heavy atom. The zero-order chi connectivity index (χ0) is 10.6. The fourth-order valence-corrected chi connectivity index (χ4v) is 1.73. The summed E-state index contributed by atoms with van der Waals surface area (Å²) in [6, 6.07) is 0. The van der Waals surface area contributed by atoms with Gasteiger partial charge in [0.1, 0.15) is 22.8 Å². The van der Waals surface area contributed by atoms with Crippen LogP contribution in [0.1, 0.15) is 12.2 Å². The fraction of sp³-hybridized carbons (Fsp3) is 0.714. The number of hydrogen-bond donors (Lipinski definition) is 1. The summed E-state index contributed by atoms with van der Waals surface area (Å²) in [6.07, 6.45) is 3.02. The lowest BCUT2D eigenvalue weighted by Crippen LogP contribution is -2.10. The highest BCUT2D eigenvalue weighted by Gasteiger charge is 2.05. The summed E-state index contributed by atoms with van der Waals surface area (Å²) >= 11 is 0. The van der Waals surface area contributed by atoms with E-state index in [1.165, 1.54) is 17.3 Å². The van der Waals surface area contributed by atoms with Gasteiger partial charge in [-0.05, 0) is 6.42 Å². The first kappa shape index (κ1) is 11.1. The molecule has 80 valence electrons. The lowest BCUT2D eigenvalue weighted by atomic mass is 10.5. The average Bonchev–Trinajstić information content (AvgIpc) is 2.49. The van der Waals surface area contributed by atoms with E-state index in [0.29, 0.717) is 18.8 Å². The number of sulfone groups is 1. The second-order valence-corrected chi connectivity index (χ2v) is 5.30. The predicted octanol–water partition coefficient (Wildman–Crippen LogP) is -0.795. The third kappa shape index (κ3) is 3.43. The highest BCUT2D eigenvalue weighted by atomic mass is 32.2. The van der Waals surface area contributed by atoms with Crippen LogP contribution in [-0.4, -0.2) is 40.3 Å². The van der Waals surface area contributed by atoms with Crippen LogP contribution in [0.2, 0.25) is 0 Å². The Kier molecular flexibility index (Phi) is 3.59. The molecule has 0 fully saturated rings. The molecule has 1 aromatic rings. The van der Waals surface area contributed by atoms with Gasteiger partial charge in [0.2, 0.25) is 0 Å². The molecule has 0 spiro atoms. The van der Waals surface area contributed by atoms with E-state index < -0.39 is 9.84 Å². The highest BCUT2D eigenvalue weighted by molar-refractivity contribution is 7.90. The van der Waals surface area contributed by atoms with Crippen LogP contribution < -0.4 is 0 Å². The van der Waals surface area contributed by atoms with Crippen molar-refractivity contribution in [1.82, 2.24) is 14.8 Å². The molecule has 1 rings (SSSR count). The molecule has 14 heavy (non-hydrogen) atoms. The molecule has 0 atom stereocenters. The molecule has 0 amide bonds. The maximum absolute atomic E-state index is 10.8. The monoisotopic (exact) mass is 219 g/mol. The molecular weight excluding hydrogens is 206 g/mol. The molecule has 1 aromatic heterocycles. The number of aliphatic hydroxyl groups is 1. The number of hydrogen-bond acceptors (Lipinski definition) is 5. The molecular formula is C7H13N3O3S. The molecule has 1 N–H and O–H groups in total. The van der Waals surface area contributed by atoms with Crippen molar-refractivity contribution in [2.75, 3.05) is 12.0 Å². The van der Waals surface area contributed by atoms with Gasteiger partial charge in [-0.25, -0.2) is 18.1 Å². The lowest BCUT2D eigenvalue weighted by molar-refractivity contribution is 0.262. The molecule has 0 aliphatic heterocycles. The summed E-state index contributed by atoms with van der Waals surface area (Å²) in [6.45, 7) is 0.280. The Morgan fingerprint density at radius 1 is 1.57 bits per heavy atom. The summed E-state index contributed by atoms with van der Waals surface area (Å²) in [5.74, 6) is 0.580. The Balaban J connectivity index is 2.46. The summed E-state index contributed by atoms with van der Waals surface area (Å²) < 4.78 is 23.1. The minimum Gasteiger partial charge on any atom is -0.388 e. The molecule has 0 aliphatic carbocycles. The number of aliphatic hydroxyl groups excluding tert-OH is 1. The largest absolute Gasteiger partial charge is 0.388 e. The maximum atomic E-state index is 10.8. The third-order valence-corrected chi connectivity index (χ3v) is 2.75. The summed E-state index contributed by atoms with van der Waals surface area (Å²) in [5, 5.41) is 12.7. The SMILES string of the molecule is CS(=O)(=O)CCCn1ncnc1CO. The van der Waals surface area contributed by atoms with Crippen molar-refractivity contribution < 1.29 is 13.5 Å². The lowest BCUT2D eigenvalue weighted by Gasteiger charge is -2.02. The first-order valence-electron chi connectivity index (χ1n) is 4.18. The molecule has 7 heteroatoms. The number of aryl methyl sites for hydroxylation is 1. The van der Waals surface area contributed by atoms with Crippen molar-refractivity contribution in [3.05, 3.63) is 12.2 Å². The fourth-order valence-electron chi connectivity index (χ4n) is 1.07. The van der Waals surface area contributed by atoms with Gasteiger partial charge in [0.15, 0.2) is 5.82 Å². The Morgan fingerprint density at radius 2 is 2.29 bits per heavy atom. The van der Waals surface area contributed by atoms with E-state index in [1.807, 2.05) is 0 Å². The van der Waals surface area contributed by atoms with Crippen molar-refractivity contribution in [2.45, 2.75) is 19.6 Å². The Labute approximate surface area is 82.5 Å². The van der Waals surface area contributed by atoms with E-state index in [9.17, 15) is 8.42 Å². The smallest absolute Gasteiger partial charge is 0.152 e. The van der Waals surface area contributed by atoms with Gasteiger partial charge in [0.05, 0.1) is 5.75 Å². The number of nitrogens with zero attached hydrogens (tertiary/aromatic N) is 3. The van der Waals surface area contributed by atoms with Crippen LogP contribution in [0.4, 0.5) is 0 Å². The summed E-state index contributed by atoms with van der Waals surface area (Å²) in [5.41, 5.74) is 0. The first-order chi connectivity index (χ1) is 6.53. The van der Waals surface area contributed by atoms with E-state index in [-0.39, 0.29) is 12.4 Å². The van der Waals surface area contributed by atoms with Crippen molar-refractivity contribution >= 4 is 9.84 Å². The highest BCUT2D eigenvalue weighted by Crippen LogP contribution is 1.97. The van der Waals surface area contributed by atoms with Gasteiger partial charge in [-0.3, -0.25) is 0 Å². The quantitative estimate of drug-likeness (QED) is 0.701. The van der Waals surface area contributed by atoms with E-state index in [4.69, 9.17) is 5.11 Å². The van der Waals surface area contributed by atoms with Crippen LogP contribution in [0.15, 0.2) is 6.33 Å². The van der Waals surface area contributed by atoms with Crippen LogP contribution in [0.5, 0.6) is 0 Å². The average molecular weight is 219 g/mol. The van der Waals surface area contributed by atoms with Gasteiger partial charge in [-0.1, -0.05) is 0 Å². The Hall–Kier alpha value is -0.950. The van der Waals surface area contributed by atoms with Gasteiger partial charge < -0.3 is 5.11 Å². The number of rotatable bonds is 5. The van der Waals surface area contributed by atoms with Crippen LogP contribution in [0.25, 0.3) is 0 Å². The maximum Gasteiger partial charge on any atom is 0.152 e. The van der Waals surface area contributed by atoms with Gasteiger partial charge in [-0.2, -0.15) is 5.10 Å². The Bertz CT molecular complexity index is 385. The van der Waals surface area contributed by atoms with E-state index in [1.54, 1.807) is 0 Å². The molecule has 0 radical (unpaired) electrons. The zero-order valence-electron chi connectivity index (χ0n) is 7.92. The summed E-state index contributed by atoms with van der Waals surface area (Å²) in [4.78, 5) is 3.80. The van der Waals surface area contributed by atoms with Gasteiger partial charge in [-0.15, -0.1) is 0 Å². The minimum absolute atomic E-state index is 0.123. The standard InChI is InChI=1S/C7H13N3O3S/c1-14(12,13)4-2-3-10-7(5-11)8-6-9-10/h6,11H,2-5H2,1H3.